The summed E-state index contributed by atoms with van der Waals surface area (Å²) >= 11 is 5.04. The molecule has 0 amide bonds. The lowest BCUT2D eigenvalue weighted by Crippen LogP contribution is -1.99. The van der Waals surface area contributed by atoms with Gasteiger partial charge in [-0.2, -0.15) is 0 Å². The molecular weight excluding hydrogens is 322 g/mol. The van der Waals surface area contributed by atoms with E-state index in [1.165, 1.54) is 10.1 Å². The van der Waals surface area contributed by atoms with Crippen LogP contribution in [0.5, 0.6) is 0 Å². The highest BCUT2D eigenvalue weighted by atomic mass is 79.9. The molecule has 19 heavy (non-hydrogen) atoms. The van der Waals surface area contributed by atoms with Crippen molar-refractivity contribution in [2.24, 2.45) is 0 Å². The fourth-order valence-corrected chi connectivity index (χ4v) is 3.52. The minimum atomic E-state index is -0.478. The maximum Gasteiger partial charge on any atom is 0.0923 e. The molecule has 0 saturated carbocycles. The number of aromatic nitrogens is 1. The minimum absolute atomic E-state index is 0.478. The lowest BCUT2D eigenvalue weighted by atomic mass is 10.1. The van der Waals surface area contributed by atoms with E-state index in [-0.39, 0.29) is 0 Å². The first-order valence-electron chi connectivity index (χ1n) is 5.98. The number of aliphatic hydroxyl groups is 1. The van der Waals surface area contributed by atoms with E-state index in [9.17, 15) is 5.11 Å². The molecule has 1 atom stereocenters. The molecule has 1 unspecified atom stereocenters. The van der Waals surface area contributed by atoms with Crippen LogP contribution in [0.1, 0.15) is 16.5 Å². The van der Waals surface area contributed by atoms with E-state index < -0.39 is 6.10 Å². The first-order valence-corrected chi connectivity index (χ1v) is 7.59. The Kier molecular flexibility index (Phi) is 3.64. The first kappa shape index (κ1) is 12.8. The molecule has 2 heterocycles. The molecule has 0 aliphatic carbocycles. The van der Waals surface area contributed by atoms with E-state index in [1.54, 1.807) is 23.7 Å². The van der Waals surface area contributed by atoms with Crippen molar-refractivity contribution in [3.63, 3.8) is 0 Å². The van der Waals surface area contributed by atoms with Crippen molar-refractivity contribution in [1.82, 2.24) is 4.98 Å². The summed E-state index contributed by atoms with van der Waals surface area (Å²) in [6, 6.07) is 12.2. The van der Waals surface area contributed by atoms with Gasteiger partial charge in [-0.15, -0.1) is 11.3 Å². The summed E-state index contributed by atoms with van der Waals surface area (Å²) in [6.07, 6.45) is 3.64. The van der Waals surface area contributed by atoms with E-state index in [0.717, 1.165) is 14.9 Å². The highest BCUT2D eigenvalue weighted by Crippen LogP contribution is 2.31. The zero-order chi connectivity index (χ0) is 13.2. The van der Waals surface area contributed by atoms with Crippen LogP contribution in [-0.4, -0.2) is 10.1 Å². The monoisotopic (exact) mass is 333 g/mol. The van der Waals surface area contributed by atoms with E-state index in [1.807, 2.05) is 18.2 Å². The van der Waals surface area contributed by atoms with Crippen molar-refractivity contribution < 1.29 is 5.11 Å². The molecule has 1 aromatic carbocycles. The fraction of sp³-hybridized carbons (Fsp3) is 0.133. The van der Waals surface area contributed by atoms with E-state index in [0.29, 0.717) is 6.42 Å². The zero-order valence-corrected chi connectivity index (χ0v) is 12.5. The quantitative estimate of drug-likeness (QED) is 0.773. The predicted octanol–water partition coefficient (Wildman–Crippen LogP) is 4.33. The summed E-state index contributed by atoms with van der Waals surface area (Å²) in [7, 11) is 0. The van der Waals surface area contributed by atoms with Gasteiger partial charge in [-0.25, -0.2) is 0 Å². The topological polar surface area (TPSA) is 33.1 Å². The number of rotatable bonds is 3. The molecule has 2 nitrogen and oxygen atoms in total. The van der Waals surface area contributed by atoms with E-state index in [2.05, 4.69) is 39.1 Å². The Morgan fingerprint density at radius 2 is 2.05 bits per heavy atom. The Hall–Kier alpha value is -1.23. The molecule has 0 aliphatic heterocycles. The zero-order valence-electron chi connectivity index (χ0n) is 10.1. The summed E-state index contributed by atoms with van der Waals surface area (Å²) in [4.78, 5) is 5.12. The number of pyridine rings is 1. The Labute approximate surface area is 123 Å². The maximum absolute atomic E-state index is 10.3. The SMILES string of the molecule is OC(Cc1cncc(Br)c1)c1cc2ccccc2s1. The standard InChI is InChI=1S/C15H12BrNOS/c16-12-5-10(8-17-9-12)6-13(18)15-7-11-3-1-2-4-14(11)19-15/h1-5,7-9,13,18H,6H2. The molecule has 96 valence electrons. The average molecular weight is 334 g/mol. The number of hydrogen-bond donors (Lipinski definition) is 1. The van der Waals surface area contributed by atoms with E-state index >= 15 is 0 Å². The Balaban J connectivity index is 1.85. The second-order valence-electron chi connectivity index (χ2n) is 4.42. The van der Waals surface area contributed by atoms with Crippen LogP contribution in [0.15, 0.2) is 53.3 Å². The van der Waals surface area contributed by atoms with Gasteiger partial charge in [0.05, 0.1) is 6.10 Å². The molecule has 0 bridgehead atoms. The van der Waals surface area contributed by atoms with Gasteiger partial charge in [-0.3, -0.25) is 4.98 Å². The third-order valence-electron chi connectivity index (χ3n) is 2.96. The van der Waals surface area contributed by atoms with Crippen molar-refractivity contribution in [3.05, 3.63) is 63.7 Å². The van der Waals surface area contributed by atoms with Gasteiger partial charge in [0.1, 0.15) is 0 Å². The number of nitrogens with zero attached hydrogens (tertiary/aromatic N) is 1. The lowest BCUT2D eigenvalue weighted by Gasteiger charge is -2.08. The Bertz CT molecular complexity index is 677. The van der Waals surface area contributed by atoms with Gasteiger partial charge in [-0.1, -0.05) is 18.2 Å². The maximum atomic E-state index is 10.3. The summed E-state index contributed by atoms with van der Waals surface area (Å²) in [5.41, 5.74) is 1.03. The second kappa shape index (κ2) is 5.41. The van der Waals surface area contributed by atoms with Crippen molar-refractivity contribution in [1.29, 1.82) is 0 Å². The van der Waals surface area contributed by atoms with Crippen LogP contribution < -0.4 is 0 Å². The van der Waals surface area contributed by atoms with Crippen LogP contribution in [0.3, 0.4) is 0 Å². The predicted molar refractivity (Wildman–Crippen MR) is 82.4 cm³/mol. The number of fused-ring (bicyclic) bond motifs is 1. The molecule has 0 aliphatic rings. The molecule has 0 fully saturated rings. The van der Waals surface area contributed by atoms with Crippen molar-refractivity contribution in [2.45, 2.75) is 12.5 Å². The summed E-state index contributed by atoms with van der Waals surface area (Å²) in [5.74, 6) is 0. The van der Waals surface area contributed by atoms with Crippen LogP contribution in [-0.2, 0) is 6.42 Å². The number of aliphatic hydroxyl groups excluding tert-OH is 1. The molecule has 0 radical (unpaired) electrons. The average Bonchev–Trinajstić information content (AvgIpc) is 2.82. The van der Waals surface area contributed by atoms with Crippen LogP contribution in [0.4, 0.5) is 0 Å². The van der Waals surface area contributed by atoms with Crippen LogP contribution in [0.25, 0.3) is 10.1 Å². The number of thiophene rings is 1. The molecule has 0 saturated heterocycles. The number of hydrogen-bond acceptors (Lipinski definition) is 3. The normalized spacial score (nSPS) is 12.7. The summed E-state index contributed by atoms with van der Waals surface area (Å²) in [6.45, 7) is 0. The van der Waals surface area contributed by atoms with Gasteiger partial charge in [0.25, 0.3) is 0 Å². The highest BCUT2D eigenvalue weighted by Gasteiger charge is 2.12. The summed E-state index contributed by atoms with van der Waals surface area (Å²) < 4.78 is 2.15. The fourth-order valence-electron chi connectivity index (χ4n) is 2.06. The van der Waals surface area contributed by atoms with Crippen LogP contribution in [0, 0.1) is 0 Å². The summed E-state index contributed by atoms with van der Waals surface area (Å²) in [5, 5.41) is 11.5. The number of halogens is 1. The van der Waals surface area contributed by atoms with Crippen LogP contribution >= 0.6 is 27.3 Å². The van der Waals surface area contributed by atoms with Crippen molar-refractivity contribution in [2.75, 3.05) is 0 Å². The third kappa shape index (κ3) is 2.86. The Morgan fingerprint density at radius 3 is 2.84 bits per heavy atom. The highest BCUT2D eigenvalue weighted by molar-refractivity contribution is 9.10. The molecule has 0 spiro atoms. The molecule has 4 heteroatoms. The molecule has 3 rings (SSSR count). The second-order valence-corrected chi connectivity index (χ2v) is 6.45. The van der Waals surface area contributed by atoms with Gasteiger partial charge in [0.15, 0.2) is 0 Å². The first-order chi connectivity index (χ1) is 9.22. The van der Waals surface area contributed by atoms with Crippen LogP contribution in [0.2, 0.25) is 0 Å². The van der Waals surface area contributed by atoms with Gasteiger partial charge in [-0.05, 0) is 45.1 Å². The van der Waals surface area contributed by atoms with Gasteiger partial charge in [0.2, 0.25) is 0 Å². The van der Waals surface area contributed by atoms with Gasteiger partial charge in [0, 0.05) is 32.9 Å². The molecule has 1 N–H and O–H groups in total. The largest absolute Gasteiger partial charge is 0.387 e. The minimum Gasteiger partial charge on any atom is -0.387 e. The van der Waals surface area contributed by atoms with Gasteiger partial charge < -0.3 is 5.11 Å². The molecule has 2 aromatic heterocycles. The van der Waals surface area contributed by atoms with Gasteiger partial charge >= 0.3 is 0 Å². The lowest BCUT2D eigenvalue weighted by molar-refractivity contribution is 0.182. The molecule has 3 aromatic rings. The number of benzene rings is 1. The smallest absolute Gasteiger partial charge is 0.0923 e. The van der Waals surface area contributed by atoms with Crippen molar-refractivity contribution >= 4 is 37.4 Å². The van der Waals surface area contributed by atoms with E-state index in [4.69, 9.17) is 0 Å². The molecular formula is C15H12BrNOS. The van der Waals surface area contributed by atoms with Crippen molar-refractivity contribution in [3.8, 4) is 0 Å². The third-order valence-corrected chi connectivity index (χ3v) is 4.61. The Morgan fingerprint density at radius 1 is 1.21 bits per heavy atom.